The van der Waals surface area contributed by atoms with Gasteiger partial charge < -0.3 is 9.15 Å². The van der Waals surface area contributed by atoms with E-state index in [2.05, 4.69) is 9.97 Å². The van der Waals surface area contributed by atoms with Crippen LogP contribution in [0.4, 0.5) is 0 Å². The first-order chi connectivity index (χ1) is 11.3. The van der Waals surface area contributed by atoms with Gasteiger partial charge in [0.05, 0.1) is 17.0 Å². The average molecular weight is 326 g/mol. The Labute approximate surface area is 137 Å². The summed E-state index contributed by atoms with van der Waals surface area (Å²) in [6.45, 7) is 0.119. The molecule has 0 unspecified atom stereocenters. The highest BCUT2D eigenvalue weighted by molar-refractivity contribution is 7.13. The first-order valence-corrected chi connectivity index (χ1v) is 8.24. The lowest BCUT2D eigenvalue weighted by molar-refractivity contribution is -0.147. The van der Waals surface area contributed by atoms with Crippen LogP contribution in [0.3, 0.4) is 0 Å². The van der Waals surface area contributed by atoms with Crippen LogP contribution in [0.2, 0.25) is 0 Å². The van der Waals surface area contributed by atoms with E-state index in [1.54, 1.807) is 23.7 Å². The number of rotatable bonds is 5. The highest BCUT2D eigenvalue weighted by Gasteiger charge is 2.45. The molecule has 3 aromatic rings. The second kappa shape index (κ2) is 5.96. The van der Waals surface area contributed by atoms with Crippen molar-refractivity contribution in [1.82, 2.24) is 9.97 Å². The summed E-state index contributed by atoms with van der Waals surface area (Å²) in [7, 11) is 0. The lowest BCUT2D eigenvalue weighted by Crippen LogP contribution is -2.07. The fourth-order valence-electron chi connectivity index (χ4n) is 2.56. The third-order valence-corrected chi connectivity index (χ3v) is 4.71. The maximum absolute atomic E-state index is 12.1. The number of nitrogens with zero attached hydrogens (tertiary/aromatic N) is 2. The molecule has 0 aliphatic heterocycles. The van der Waals surface area contributed by atoms with Gasteiger partial charge >= 0.3 is 5.97 Å². The molecule has 0 N–H and O–H groups in total. The Morgan fingerprint density at radius 2 is 2.30 bits per heavy atom. The second-order valence-electron chi connectivity index (χ2n) is 5.45. The third kappa shape index (κ3) is 3.03. The zero-order valence-electron chi connectivity index (χ0n) is 12.2. The molecule has 0 aromatic carbocycles. The molecule has 0 spiro atoms. The quantitative estimate of drug-likeness (QED) is 0.670. The van der Waals surface area contributed by atoms with Gasteiger partial charge in [0.2, 0.25) is 5.89 Å². The van der Waals surface area contributed by atoms with Crippen LogP contribution in [0.1, 0.15) is 23.7 Å². The summed E-state index contributed by atoms with van der Waals surface area (Å²) in [5, 5.41) is 1.96. The summed E-state index contributed by atoms with van der Waals surface area (Å²) >= 11 is 1.56. The summed E-state index contributed by atoms with van der Waals surface area (Å²) in [6, 6.07) is 7.76. The Bertz CT molecular complexity index is 798. The highest BCUT2D eigenvalue weighted by atomic mass is 32.1. The van der Waals surface area contributed by atoms with E-state index in [1.165, 1.54) is 0 Å². The number of thiophene rings is 1. The van der Waals surface area contributed by atoms with Crippen molar-refractivity contribution in [3.63, 3.8) is 0 Å². The van der Waals surface area contributed by atoms with Gasteiger partial charge in [-0.2, -0.15) is 0 Å². The van der Waals surface area contributed by atoms with Crippen LogP contribution in [0.15, 0.2) is 52.7 Å². The standard InChI is InChI=1S/C17H14N2O3S/c20-17(14-7-13(14)11-3-1-5-18-8-11)21-10-12-9-19-16(22-12)15-4-2-6-23-15/h1-6,8-9,13-14H,7,10H2/t13-,14+/m0/s1. The van der Waals surface area contributed by atoms with E-state index >= 15 is 0 Å². The fourth-order valence-corrected chi connectivity index (χ4v) is 3.21. The number of esters is 1. The second-order valence-corrected chi connectivity index (χ2v) is 6.40. The van der Waals surface area contributed by atoms with Crippen molar-refractivity contribution in [2.24, 2.45) is 5.92 Å². The lowest BCUT2D eigenvalue weighted by Gasteiger charge is -2.02. The molecule has 2 atom stereocenters. The molecule has 23 heavy (non-hydrogen) atoms. The smallest absolute Gasteiger partial charge is 0.310 e. The minimum absolute atomic E-state index is 0.0705. The predicted octanol–water partition coefficient (Wildman–Crippen LogP) is 3.65. The van der Waals surface area contributed by atoms with Gasteiger partial charge in [-0.1, -0.05) is 12.1 Å². The van der Waals surface area contributed by atoms with Crippen molar-refractivity contribution >= 4 is 17.3 Å². The maximum Gasteiger partial charge on any atom is 0.310 e. The molecule has 0 amide bonds. The number of ether oxygens (including phenoxy) is 1. The van der Waals surface area contributed by atoms with Gasteiger partial charge in [-0.3, -0.25) is 9.78 Å². The van der Waals surface area contributed by atoms with Crippen LogP contribution in [0, 0.1) is 5.92 Å². The van der Waals surface area contributed by atoms with Crippen LogP contribution in [0.5, 0.6) is 0 Å². The minimum atomic E-state index is -0.187. The third-order valence-electron chi connectivity index (χ3n) is 3.85. The minimum Gasteiger partial charge on any atom is -0.457 e. The van der Waals surface area contributed by atoms with Crippen LogP contribution in [-0.4, -0.2) is 15.9 Å². The van der Waals surface area contributed by atoms with Crippen molar-refractivity contribution in [3.8, 4) is 10.8 Å². The van der Waals surface area contributed by atoms with Crippen LogP contribution >= 0.6 is 11.3 Å². The number of carbonyl (C=O) groups is 1. The van der Waals surface area contributed by atoms with Gasteiger partial charge in [-0.25, -0.2) is 4.98 Å². The molecule has 3 aromatic heterocycles. The monoisotopic (exact) mass is 326 g/mol. The van der Waals surface area contributed by atoms with Gasteiger partial charge in [-0.15, -0.1) is 11.3 Å². The largest absolute Gasteiger partial charge is 0.457 e. The molecule has 0 bridgehead atoms. The van der Waals surface area contributed by atoms with E-state index in [0.717, 1.165) is 16.9 Å². The van der Waals surface area contributed by atoms with Crippen molar-refractivity contribution < 1.29 is 13.9 Å². The Balaban J connectivity index is 1.33. The number of pyridine rings is 1. The summed E-state index contributed by atoms with van der Waals surface area (Å²) in [4.78, 5) is 21.3. The van der Waals surface area contributed by atoms with E-state index in [4.69, 9.17) is 9.15 Å². The molecule has 1 fully saturated rings. The zero-order valence-corrected chi connectivity index (χ0v) is 13.0. The molecule has 4 rings (SSSR count). The molecular formula is C17H14N2O3S. The van der Waals surface area contributed by atoms with Crippen molar-refractivity contribution in [3.05, 3.63) is 59.6 Å². The molecule has 116 valence electrons. The molecule has 1 aliphatic carbocycles. The Morgan fingerprint density at radius 3 is 3.09 bits per heavy atom. The van der Waals surface area contributed by atoms with Gasteiger partial charge in [0.25, 0.3) is 0 Å². The molecular weight excluding hydrogens is 312 g/mol. The summed E-state index contributed by atoms with van der Waals surface area (Å²) in [6.07, 6.45) is 5.96. The van der Waals surface area contributed by atoms with Gasteiger partial charge in [0.15, 0.2) is 12.4 Å². The van der Waals surface area contributed by atoms with Crippen molar-refractivity contribution in [1.29, 1.82) is 0 Å². The molecule has 0 radical (unpaired) electrons. The maximum atomic E-state index is 12.1. The summed E-state index contributed by atoms with van der Waals surface area (Å²) in [5.41, 5.74) is 1.09. The number of hydrogen-bond acceptors (Lipinski definition) is 6. The van der Waals surface area contributed by atoms with E-state index in [-0.39, 0.29) is 24.4 Å². The molecule has 3 heterocycles. The molecule has 1 aliphatic rings. The zero-order chi connectivity index (χ0) is 15.6. The first-order valence-electron chi connectivity index (χ1n) is 7.36. The van der Waals surface area contributed by atoms with Gasteiger partial charge in [0, 0.05) is 12.4 Å². The predicted molar refractivity (Wildman–Crippen MR) is 84.7 cm³/mol. The number of aromatic nitrogens is 2. The van der Waals surface area contributed by atoms with Gasteiger partial charge in [-0.05, 0) is 35.4 Å². The molecule has 1 saturated carbocycles. The van der Waals surface area contributed by atoms with E-state index in [9.17, 15) is 4.79 Å². The normalized spacial score (nSPS) is 19.5. The number of hydrogen-bond donors (Lipinski definition) is 0. The molecule has 0 saturated heterocycles. The van der Waals surface area contributed by atoms with Gasteiger partial charge in [0.1, 0.15) is 0 Å². The number of carbonyl (C=O) groups excluding carboxylic acids is 1. The van der Waals surface area contributed by atoms with Crippen molar-refractivity contribution in [2.75, 3.05) is 0 Å². The summed E-state index contributed by atoms with van der Waals surface area (Å²) < 4.78 is 10.9. The van der Waals surface area contributed by atoms with E-state index in [0.29, 0.717) is 11.7 Å². The summed E-state index contributed by atoms with van der Waals surface area (Å²) in [5.74, 6) is 1.09. The van der Waals surface area contributed by atoms with Crippen LogP contribution in [-0.2, 0) is 16.1 Å². The number of oxazole rings is 1. The van der Waals surface area contributed by atoms with Crippen molar-refractivity contribution in [2.45, 2.75) is 18.9 Å². The van der Waals surface area contributed by atoms with E-state index < -0.39 is 0 Å². The Kier molecular flexibility index (Phi) is 3.67. The SMILES string of the molecule is O=C(OCc1cnc(-c2cccs2)o1)[C@@H]1C[C@H]1c1cccnc1. The Hall–Kier alpha value is -2.47. The van der Waals surface area contributed by atoms with Crippen LogP contribution < -0.4 is 0 Å². The topological polar surface area (TPSA) is 65.2 Å². The molecule has 5 nitrogen and oxygen atoms in total. The lowest BCUT2D eigenvalue weighted by atomic mass is 10.1. The fraction of sp³-hybridized carbons (Fsp3) is 0.235. The van der Waals surface area contributed by atoms with Crippen LogP contribution in [0.25, 0.3) is 10.8 Å². The Morgan fingerprint density at radius 1 is 1.35 bits per heavy atom. The highest BCUT2D eigenvalue weighted by Crippen LogP contribution is 2.47. The molecule has 6 heteroatoms. The average Bonchev–Trinajstić information content (AvgIpc) is 2.99. The van der Waals surface area contributed by atoms with E-state index in [1.807, 2.05) is 35.8 Å². The first kappa shape index (κ1) is 14.1.